The van der Waals surface area contributed by atoms with Crippen LogP contribution >= 0.6 is 0 Å². The molecule has 1 aromatic heterocycles. The number of rotatable bonds is 7. The summed E-state index contributed by atoms with van der Waals surface area (Å²) in [6, 6.07) is 9.82. The molecule has 0 unspecified atom stereocenters. The molecule has 0 aliphatic carbocycles. The lowest BCUT2D eigenvalue weighted by atomic mass is 10.0. The van der Waals surface area contributed by atoms with Crippen LogP contribution in [0.2, 0.25) is 0 Å². The molecule has 0 radical (unpaired) electrons. The Hall–Kier alpha value is -2.36. The number of benzene rings is 1. The summed E-state index contributed by atoms with van der Waals surface area (Å²) in [7, 11) is 0. The van der Waals surface area contributed by atoms with Crippen LogP contribution in [0, 0.1) is 5.92 Å². The van der Waals surface area contributed by atoms with E-state index in [9.17, 15) is 4.79 Å². The second-order valence-corrected chi connectivity index (χ2v) is 6.32. The number of carbonyl (C=O) groups is 1. The van der Waals surface area contributed by atoms with Gasteiger partial charge < -0.3 is 10.6 Å². The first-order chi connectivity index (χ1) is 11.5. The van der Waals surface area contributed by atoms with Crippen LogP contribution in [0.3, 0.4) is 0 Å². The third kappa shape index (κ3) is 4.57. The van der Waals surface area contributed by atoms with Crippen molar-refractivity contribution in [2.24, 2.45) is 5.92 Å². The molecule has 24 heavy (non-hydrogen) atoms. The number of para-hydroxylation sites is 1. The van der Waals surface area contributed by atoms with E-state index >= 15 is 0 Å². The minimum atomic E-state index is -0.166. The first-order valence-corrected chi connectivity index (χ1v) is 8.67. The van der Waals surface area contributed by atoms with E-state index in [1.807, 2.05) is 12.1 Å². The summed E-state index contributed by atoms with van der Waals surface area (Å²) in [6.45, 7) is 9.38. The van der Waals surface area contributed by atoms with Crippen LogP contribution in [0.5, 0.6) is 0 Å². The highest BCUT2D eigenvalue weighted by atomic mass is 16.1. The van der Waals surface area contributed by atoms with Crippen LogP contribution in [0.25, 0.3) is 0 Å². The largest absolute Gasteiger partial charge is 0.384 e. The molecule has 1 heterocycles. The zero-order valence-electron chi connectivity index (χ0n) is 15.0. The molecule has 2 N–H and O–H groups in total. The molecular formula is C20H27N3O. The fourth-order valence-corrected chi connectivity index (χ4v) is 2.54. The van der Waals surface area contributed by atoms with Crippen LogP contribution in [0.1, 0.15) is 49.3 Å². The second kappa shape index (κ2) is 8.48. The van der Waals surface area contributed by atoms with E-state index in [2.05, 4.69) is 55.4 Å². The van der Waals surface area contributed by atoms with Gasteiger partial charge in [0, 0.05) is 12.2 Å². The minimum Gasteiger partial charge on any atom is -0.384 e. The molecule has 0 bridgehead atoms. The standard InChI is InChI=1S/C20H27N3O/c1-5-15-8-7-9-16(6-2)19(15)23-20(24)18-11-10-17(13-22-18)21-12-14(3)4/h7-11,13-14,21H,5-6,12H2,1-4H3,(H,23,24). The smallest absolute Gasteiger partial charge is 0.274 e. The molecule has 4 nitrogen and oxygen atoms in total. The Kier molecular flexibility index (Phi) is 6.36. The number of hydrogen-bond donors (Lipinski definition) is 2. The number of carbonyl (C=O) groups excluding carboxylic acids is 1. The Balaban J connectivity index is 2.13. The molecular weight excluding hydrogens is 298 g/mol. The normalized spacial score (nSPS) is 10.7. The molecule has 0 spiro atoms. The van der Waals surface area contributed by atoms with Crippen molar-refractivity contribution in [2.45, 2.75) is 40.5 Å². The third-order valence-electron chi connectivity index (χ3n) is 3.95. The van der Waals surface area contributed by atoms with Crippen molar-refractivity contribution in [3.8, 4) is 0 Å². The maximum atomic E-state index is 12.5. The highest BCUT2D eigenvalue weighted by molar-refractivity contribution is 6.03. The van der Waals surface area contributed by atoms with Crippen LogP contribution in [0.4, 0.5) is 11.4 Å². The van der Waals surface area contributed by atoms with Crippen molar-refractivity contribution in [2.75, 3.05) is 17.2 Å². The van der Waals surface area contributed by atoms with Crippen molar-refractivity contribution < 1.29 is 4.79 Å². The maximum absolute atomic E-state index is 12.5. The molecule has 4 heteroatoms. The van der Waals surface area contributed by atoms with E-state index in [1.165, 1.54) is 0 Å². The summed E-state index contributed by atoms with van der Waals surface area (Å²) < 4.78 is 0. The molecule has 0 aliphatic rings. The lowest BCUT2D eigenvalue weighted by Crippen LogP contribution is -2.16. The fraction of sp³-hybridized carbons (Fsp3) is 0.400. The van der Waals surface area contributed by atoms with E-state index in [0.29, 0.717) is 11.6 Å². The van der Waals surface area contributed by atoms with Gasteiger partial charge in [-0.1, -0.05) is 45.9 Å². The lowest BCUT2D eigenvalue weighted by Gasteiger charge is -2.14. The van der Waals surface area contributed by atoms with Crippen molar-refractivity contribution in [3.05, 3.63) is 53.3 Å². The summed E-state index contributed by atoms with van der Waals surface area (Å²) in [5.74, 6) is 0.395. The Morgan fingerprint density at radius 2 is 1.75 bits per heavy atom. The first kappa shape index (κ1) is 18.0. The fourth-order valence-electron chi connectivity index (χ4n) is 2.54. The number of aromatic nitrogens is 1. The number of anilines is 2. The summed E-state index contributed by atoms with van der Waals surface area (Å²) in [5.41, 5.74) is 4.59. The lowest BCUT2D eigenvalue weighted by molar-refractivity contribution is 0.102. The highest BCUT2D eigenvalue weighted by Crippen LogP contribution is 2.23. The van der Waals surface area contributed by atoms with E-state index in [4.69, 9.17) is 0 Å². The molecule has 0 fully saturated rings. The zero-order valence-corrected chi connectivity index (χ0v) is 15.0. The van der Waals surface area contributed by atoms with E-state index < -0.39 is 0 Å². The van der Waals surface area contributed by atoms with Gasteiger partial charge in [0.25, 0.3) is 5.91 Å². The molecule has 0 saturated carbocycles. The van der Waals surface area contributed by atoms with Gasteiger partial charge in [0.2, 0.25) is 0 Å². The molecule has 1 aromatic carbocycles. The minimum absolute atomic E-state index is 0.166. The van der Waals surface area contributed by atoms with Crippen LogP contribution in [-0.2, 0) is 12.8 Å². The first-order valence-electron chi connectivity index (χ1n) is 8.67. The van der Waals surface area contributed by atoms with E-state index in [1.54, 1.807) is 12.3 Å². The molecule has 128 valence electrons. The van der Waals surface area contributed by atoms with Gasteiger partial charge in [-0.15, -0.1) is 0 Å². The predicted molar refractivity (Wildman–Crippen MR) is 101 cm³/mol. The van der Waals surface area contributed by atoms with Gasteiger partial charge in [-0.3, -0.25) is 4.79 Å². The number of pyridine rings is 1. The average molecular weight is 325 g/mol. The number of nitrogens with zero attached hydrogens (tertiary/aromatic N) is 1. The monoisotopic (exact) mass is 325 g/mol. The summed E-state index contributed by atoms with van der Waals surface area (Å²) in [6.07, 6.45) is 3.48. The third-order valence-corrected chi connectivity index (χ3v) is 3.95. The van der Waals surface area contributed by atoms with Crippen molar-refractivity contribution >= 4 is 17.3 Å². The molecule has 2 aromatic rings. The van der Waals surface area contributed by atoms with Crippen molar-refractivity contribution in [1.29, 1.82) is 0 Å². The van der Waals surface area contributed by atoms with Crippen LogP contribution in [-0.4, -0.2) is 17.4 Å². The van der Waals surface area contributed by atoms with Crippen LogP contribution in [0.15, 0.2) is 36.5 Å². The molecule has 1 amide bonds. The summed E-state index contributed by atoms with van der Waals surface area (Å²) >= 11 is 0. The zero-order chi connectivity index (χ0) is 17.5. The number of hydrogen-bond acceptors (Lipinski definition) is 3. The van der Waals surface area contributed by atoms with Crippen molar-refractivity contribution in [3.63, 3.8) is 0 Å². The molecule has 0 saturated heterocycles. The molecule has 0 aliphatic heterocycles. The summed E-state index contributed by atoms with van der Waals surface area (Å²) in [5, 5.41) is 6.35. The van der Waals surface area contributed by atoms with Crippen LogP contribution < -0.4 is 10.6 Å². The molecule has 0 atom stereocenters. The Morgan fingerprint density at radius 1 is 1.08 bits per heavy atom. The average Bonchev–Trinajstić information content (AvgIpc) is 2.60. The molecule has 2 rings (SSSR count). The van der Waals surface area contributed by atoms with E-state index in [0.717, 1.165) is 41.9 Å². The van der Waals surface area contributed by atoms with Crippen molar-refractivity contribution in [1.82, 2.24) is 4.98 Å². The van der Waals surface area contributed by atoms with Gasteiger partial charge in [0.05, 0.1) is 11.9 Å². The maximum Gasteiger partial charge on any atom is 0.274 e. The quantitative estimate of drug-likeness (QED) is 0.786. The van der Waals surface area contributed by atoms with Gasteiger partial charge in [0.15, 0.2) is 0 Å². The van der Waals surface area contributed by atoms with Gasteiger partial charge in [-0.2, -0.15) is 0 Å². The Labute approximate surface area is 144 Å². The Morgan fingerprint density at radius 3 is 2.25 bits per heavy atom. The number of aryl methyl sites for hydroxylation is 2. The van der Waals surface area contributed by atoms with Gasteiger partial charge in [-0.05, 0) is 42.0 Å². The SMILES string of the molecule is CCc1cccc(CC)c1NC(=O)c1ccc(NCC(C)C)cn1. The van der Waals surface area contributed by atoms with Gasteiger partial charge in [0.1, 0.15) is 5.69 Å². The second-order valence-electron chi connectivity index (χ2n) is 6.32. The van der Waals surface area contributed by atoms with Gasteiger partial charge >= 0.3 is 0 Å². The topological polar surface area (TPSA) is 54.0 Å². The Bertz CT molecular complexity index is 656. The predicted octanol–water partition coefficient (Wildman–Crippen LogP) is 4.53. The number of amides is 1. The number of nitrogens with one attached hydrogen (secondary N) is 2. The van der Waals surface area contributed by atoms with Gasteiger partial charge in [-0.25, -0.2) is 4.98 Å². The summed E-state index contributed by atoms with van der Waals surface area (Å²) in [4.78, 5) is 16.8. The highest BCUT2D eigenvalue weighted by Gasteiger charge is 2.12. The van der Waals surface area contributed by atoms with E-state index in [-0.39, 0.29) is 5.91 Å².